The predicted molar refractivity (Wildman–Crippen MR) is 96.8 cm³/mol. The first-order valence-corrected chi connectivity index (χ1v) is 8.50. The summed E-state index contributed by atoms with van der Waals surface area (Å²) in [6.45, 7) is 1.93. The van der Waals surface area contributed by atoms with E-state index in [-0.39, 0.29) is 24.1 Å². The normalized spacial score (nSPS) is 17.0. The average molecular weight is 402 g/mol. The Morgan fingerprint density at radius 3 is 2.48 bits per heavy atom. The van der Waals surface area contributed by atoms with Gasteiger partial charge in [-0.1, -0.05) is 29.8 Å². The van der Waals surface area contributed by atoms with Crippen LogP contribution in [0.1, 0.15) is 22.3 Å². The van der Waals surface area contributed by atoms with Gasteiger partial charge in [0.05, 0.1) is 17.7 Å². The fourth-order valence-electron chi connectivity index (χ4n) is 2.58. The van der Waals surface area contributed by atoms with Crippen molar-refractivity contribution in [2.24, 2.45) is 0 Å². The minimum Gasteiger partial charge on any atom is -0.287 e. The summed E-state index contributed by atoms with van der Waals surface area (Å²) in [5.74, 6) is -1.08. The van der Waals surface area contributed by atoms with Gasteiger partial charge < -0.3 is 0 Å². The van der Waals surface area contributed by atoms with Crippen molar-refractivity contribution in [3.8, 4) is 0 Å². The van der Waals surface area contributed by atoms with E-state index < -0.39 is 6.04 Å². The number of hydrogen-bond acceptors (Lipinski definition) is 4. The van der Waals surface area contributed by atoms with Crippen molar-refractivity contribution in [1.82, 2.24) is 10.9 Å². The lowest BCUT2D eigenvalue weighted by Gasteiger charge is -2.16. The second-order valence-corrected chi connectivity index (χ2v) is 6.59. The molecule has 3 amide bonds. The SMILES string of the molecule is Cc1ccc(N2C(=O)C[C@@H](NNC(=O)c3ccccc3Br)C2=O)cc1. The molecule has 0 aromatic heterocycles. The minimum absolute atomic E-state index is 0.0110. The Hall–Kier alpha value is -2.51. The number of aryl methyl sites for hydroxylation is 1. The highest BCUT2D eigenvalue weighted by atomic mass is 79.9. The second-order valence-electron chi connectivity index (χ2n) is 5.74. The summed E-state index contributed by atoms with van der Waals surface area (Å²) in [7, 11) is 0. The zero-order valence-corrected chi connectivity index (χ0v) is 15.0. The van der Waals surface area contributed by atoms with Crippen LogP contribution in [0, 0.1) is 6.92 Å². The molecule has 1 aliphatic heterocycles. The molecule has 25 heavy (non-hydrogen) atoms. The number of carbonyl (C=O) groups is 3. The Bertz CT molecular complexity index is 836. The highest BCUT2D eigenvalue weighted by molar-refractivity contribution is 9.10. The molecule has 1 saturated heterocycles. The Morgan fingerprint density at radius 2 is 1.80 bits per heavy atom. The number of nitrogens with zero attached hydrogens (tertiary/aromatic N) is 1. The van der Waals surface area contributed by atoms with Crippen LogP contribution in [0.25, 0.3) is 0 Å². The largest absolute Gasteiger partial charge is 0.287 e. The quantitative estimate of drug-likeness (QED) is 0.608. The summed E-state index contributed by atoms with van der Waals surface area (Å²) in [6.07, 6.45) is -0.0110. The second kappa shape index (κ2) is 7.16. The maximum Gasteiger partial charge on any atom is 0.266 e. The molecule has 2 aromatic carbocycles. The van der Waals surface area contributed by atoms with Crippen LogP contribution in [0.3, 0.4) is 0 Å². The van der Waals surface area contributed by atoms with E-state index in [4.69, 9.17) is 0 Å². The van der Waals surface area contributed by atoms with Gasteiger partial charge in [0.1, 0.15) is 6.04 Å². The van der Waals surface area contributed by atoms with Crippen molar-refractivity contribution in [3.63, 3.8) is 0 Å². The molecular formula is C18H16BrN3O3. The van der Waals surface area contributed by atoms with Crippen LogP contribution in [0.15, 0.2) is 53.0 Å². The summed E-state index contributed by atoms with van der Waals surface area (Å²) in [5.41, 5.74) is 7.16. The van der Waals surface area contributed by atoms with Crippen molar-refractivity contribution in [2.75, 3.05) is 4.90 Å². The van der Waals surface area contributed by atoms with Gasteiger partial charge in [-0.05, 0) is 47.1 Å². The van der Waals surface area contributed by atoms with Crippen LogP contribution in [0.2, 0.25) is 0 Å². The molecule has 0 radical (unpaired) electrons. The minimum atomic E-state index is -0.791. The maximum atomic E-state index is 12.5. The van der Waals surface area contributed by atoms with Gasteiger partial charge in [-0.25, -0.2) is 10.3 Å². The predicted octanol–water partition coefficient (Wildman–Crippen LogP) is 2.32. The van der Waals surface area contributed by atoms with Crippen molar-refractivity contribution in [1.29, 1.82) is 0 Å². The number of anilines is 1. The Kier molecular flexibility index (Phi) is 4.96. The number of carbonyl (C=O) groups excluding carboxylic acids is 3. The number of imide groups is 1. The third kappa shape index (κ3) is 3.62. The van der Waals surface area contributed by atoms with Crippen molar-refractivity contribution < 1.29 is 14.4 Å². The fourth-order valence-corrected chi connectivity index (χ4v) is 3.04. The van der Waals surface area contributed by atoms with E-state index in [0.717, 1.165) is 10.5 Å². The topological polar surface area (TPSA) is 78.5 Å². The molecule has 0 bridgehead atoms. The van der Waals surface area contributed by atoms with Crippen LogP contribution < -0.4 is 15.8 Å². The number of benzene rings is 2. The van der Waals surface area contributed by atoms with E-state index in [0.29, 0.717) is 15.7 Å². The standard InChI is InChI=1S/C18H16BrN3O3/c1-11-6-8-12(9-7-11)22-16(23)10-15(18(22)25)20-21-17(24)13-4-2-3-5-14(13)19/h2-9,15,20H,10H2,1H3,(H,21,24)/t15-/m1/s1. The molecule has 0 aliphatic carbocycles. The van der Waals surface area contributed by atoms with E-state index in [1.54, 1.807) is 36.4 Å². The third-order valence-electron chi connectivity index (χ3n) is 3.92. The maximum absolute atomic E-state index is 12.5. The molecule has 128 valence electrons. The van der Waals surface area contributed by atoms with E-state index in [1.807, 2.05) is 19.1 Å². The molecular weight excluding hydrogens is 386 g/mol. The number of amides is 3. The molecule has 6 nitrogen and oxygen atoms in total. The first-order valence-electron chi connectivity index (χ1n) is 7.71. The molecule has 2 N–H and O–H groups in total. The number of hydrazine groups is 1. The van der Waals surface area contributed by atoms with Gasteiger partial charge in [0.25, 0.3) is 11.8 Å². The number of nitrogens with one attached hydrogen (secondary N) is 2. The Morgan fingerprint density at radius 1 is 1.12 bits per heavy atom. The summed E-state index contributed by atoms with van der Waals surface area (Å²) in [6, 6.07) is 13.3. The molecule has 7 heteroatoms. The molecule has 1 fully saturated rings. The Labute approximate surface area is 153 Å². The van der Waals surface area contributed by atoms with E-state index in [1.165, 1.54) is 0 Å². The van der Waals surface area contributed by atoms with Crippen molar-refractivity contribution in [3.05, 3.63) is 64.1 Å². The number of hydrogen-bond donors (Lipinski definition) is 2. The molecule has 1 heterocycles. The first-order chi connectivity index (χ1) is 12.0. The lowest BCUT2D eigenvalue weighted by Crippen LogP contribution is -2.48. The molecule has 3 rings (SSSR count). The van der Waals surface area contributed by atoms with Crippen LogP contribution in [0.4, 0.5) is 5.69 Å². The highest BCUT2D eigenvalue weighted by Gasteiger charge is 2.39. The molecule has 2 aromatic rings. The van der Waals surface area contributed by atoms with Gasteiger partial charge >= 0.3 is 0 Å². The van der Waals surface area contributed by atoms with E-state index in [9.17, 15) is 14.4 Å². The van der Waals surface area contributed by atoms with Crippen molar-refractivity contribution >= 4 is 39.3 Å². The summed E-state index contributed by atoms with van der Waals surface area (Å²) < 4.78 is 0.643. The van der Waals surface area contributed by atoms with Gasteiger partial charge in [-0.3, -0.25) is 19.8 Å². The lowest BCUT2D eigenvalue weighted by atomic mass is 10.2. The zero-order chi connectivity index (χ0) is 18.0. The van der Waals surface area contributed by atoms with Gasteiger partial charge in [0.15, 0.2) is 0 Å². The first kappa shape index (κ1) is 17.3. The van der Waals surface area contributed by atoms with E-state index in [2.05, 4.69) is 26.8 Å². The number of halogens is 1. The van der Waals surface area contributed by atoms with Crippen LogP contribution >= 0.6 is 15.9 Å². The summed E-state index contributed by atoms with van der Waals surface area (Å²) in [5, 5.41) is 0. The van der Waals surface area contributed by atoms with Gasteiger partial charge in [-0.2, -0.15) is 0 Å². The zero-order valence-electron chi connectivity index (χ0n) is 13.5. The van der Waals surface area contributed by atoms with Gasteiger partial charge in [0.2, 0.25) is 5.91 Å². The van der Waals surface area contributed by atoms with Crippen LogP contribution in [-0.4, -0.2) is 23.8 Å². The number of rotatable bonds is 4. The van der Waals surface area contributed by atoms with Gasteiger partial charge in [0, 0.05) is 4.47 Å². The average Bonchev–Trinajstić information content (AvgIpc) is 2.88. The van der Waals surface area contributed by atoms with E-state index >= 15 is 0 Å². The lowest BCUT2D eigenvalue weighted by molar-refractivity contribution is -0.121. The highest BCUT2D eigenvalue weighted by Crippen LogP contribution is 2.23. The molecule has 0 spiro atoms. The summed E-state index contributed by atoms with van der Waals surface area (Å²) >= 11 is 3.30. The fraction of sp³-hybridized carbons (Fsp3) is 0.167. The monoisotopic (exact) mass is 401 g/mol. The molecule has 0 saturated carbocycles. The Balaban J connectivity index is 1.67. The molecule has 1 atom stereocenters. The summed E-state index contributed by atoms with van der Waals surface area (Å²) in [4.78, 5) is 38.0. The third-order valence-corrected chi connectivity index (χ3v) is 4.61. The van der Waals surface area contributed by atoms with Crippen LogP contribution in [-0.2, 0) is 9.59 Å². The van der Waals surface area contributed by atoms with Gasteiger partial charge in [-0.15, -0.1) is 0 Å². The van der Waals surface area contributed by atoms with Crippen LogP contribution in [0.5, 0.6) is 0 Å². The molecule has 1 aliphatic rings. The van der Waals surface area contributed by atoms with Crippen molar-refractivity contribution in [2.45, 2.75) is 19.4 Å². The molecule has 0 unspecified atom stereocenters. The smallest absolute Gasteiger partial charge is 0.266 e.